The third-order valence-electron chi connectivity index (χ3n) is 2.66. The Morgan fingerprint density at radius 3 is 2.57 bits per heavy atom. The van der Waals surface area contributed by atoms with Crippen LogP contribution >= 0.6 is 15.9 Å². The molecule has 2 nitrogen and oxygen atoms in total. The average molecular weight is 256 g/mol. The minimum absolute atomic E-state index is 0.408. The van der Waals surface area contributed by atoms with E-state index in [1.165, 1.54) is 12.1 Å². The van der Waals surface area contributed by atoms with Crippen LogP contribution in [0.2, 0.25) is 0 Å². The van der Waals surface area contributed by atoms with E-state index < -0.39 is 6.10 Å². The van der Waals surface area contributed by atoms with Crippen LogP contribution in [-0.4, -0.2) is 18.2 Å². The number of aliphatic hydroxyl groups is 1. The van der Waals surface area contributed by atoms with Crippen molar-refractivity contribution in [3.63, 3.8) is 0 Å². The lowest BCUT2D eigenvalue weighted by Gasteiger charge is -2.33. The molecule has 76 valence electrons. The van der Waals surface area contributed by atoms with Gasteiger partial charge in [-0.15, -0.1) is 0 Å². The van der Waals surface area contributed by atoms with Gasteiger partial charge in [-0.2, -0.15) is 0 Å². The maximum Gasteiger partial charge on any atom is 0.0772 e. The SMILES string of the molecule is C[C@H](O)c1ccc(N2CCC2)cc1Br. The highest BCUT2D eigenvalue weighted by Crippen LogP contribution is 2.29. The molecular formula is C11H14BrNO. The Morgan fingerprint density at radius 1 is 1.43 bits per heavy atom. The first-order valence-electron chi connectivity index (χ1n) is 4.91. The zero-order chi connectivity index (χ0) is 10.1. The second-order valence-corrected chi connectivity index (χ2v) is 4.58. The molecule has 1 saturated heterocycles. The second kappa shape index (κ2) is 3.91. The molecule has 0 spiro atoms. The Morgan fingerprint density at radius 2 is 2.14 bits per heavy atom. The maximum absolute atomic E-state index is 9.46. The van der Waals surface area contributed by atoms with Crippen molar-refractivity contribution >= 4 is 21.6 Å². The zero-order valence-electron chi connectivity index (χ0n) is 8.20. The monoisotopic (exact) mass is 255 g/mol. The summed E-state index contributed by atoms with van der Waals surface area (Å²) < 4.78 is 0.997. The second-order valence-electron chi connectivity index (χ2n) is 3.72. The van der Waals surface area contributed by atoms with Crippen LogP contribution in [0.4, 0.5) is 5.69 Å². The fourth-order valence-electron chi connectivity index (χ4n) is 1.63. The quantitative estimate of drug-likeness (QED) is 0.879. The molecule has 1 fully saturated rings. The highest BCUT2D eigenvalue weighted by molar-refractivity contribution is 9.10. The molecule has 0 radical (unpaired) electrons. The van der Waals surface area contributed by atoms with E-state index in [0.717, 1.165) is 23.1 Å². The number of aliphatic hydroxyl groups excluding tert-OH is 1. The van der Waals surface area contributed by atoms with Crippen LogP contribution in [0.1, 0.15) is 25.0 Å². The third-order valence-corrected chi connectivity index (χ3v) is 3.34. The number of anilines is 1. The van der Waals surface area contributed by atoms with Gasteiger partial charge in [0.05, 0.1) is 6.10 Å². The number of rotatable bonds is 2. The predicted octanol–water partition coefficient (Wildman–Crippen LogP) is 2.71. The van der Waals surface area contributed by atoms with Crippen LogP contribution in [0.15, 0.2) is 22.7 Å². The fourth-order valence-corrected chi connectivity index (χ4v) is 2.32. The molecule has 1 aromatic carbocycles. The number of halogens is 1. The molecule has 0 bridgehead atoms. The summed E-state index contributed by atoms with van der Waals surface area (Å²) in [6.07, 6.45) is 0.880. The minimum atomic E-state index is -0.408. The molecule has 1 heterocycles. The molecule has 1 atom stereocenters. The number of hydrogen-bond donors (Lipinski definition) is 1. The van der Waals surface area contributed by atoms with Gasteiger partial charge in [0, 0.05) is 23.2 Å². The van der Waals surface area contributed by atoms with Gasteiger partial charge in [-0.3, -0.25) is 0 Å². The van der Waals surface area contributed by atoms with Crippen molar-refractivity contribution in [3.8, 4) is 0 Å². The van der Waals surface area contributed by atoms with Gasteiger partial charge in [0.2, 0.25) is 0 Å². The lowest BCUT2D eigenvalue weighted by molar-refractivity contribution is 0.198. The van der Waals surface area contributed by atoms with Gasteiger partial charge in [0.1, 0.15) is 0 Å². The number of hydrogen-bond acceptors (Lipinski definition) is 2. The molecule has 3 heteroatoms. The van der Waals surface area contributed by atoms with Gasteiger partial charge >= 0.3 is 0 Å². The van der Waals surface area contributed by atoms with Gasteiger partial charge in [0.25, 0.3) is 0 Å². The highest BCUT2D eigenvalue weighted by atomic mass is 79.9. The molecule has 1 aliphatic rings. The van der Waals surface area contributed by atoms with Crippen molar-refractivity contribution in [1.29, 1.82) is 0 Å². The molecule has 0 saturated carbocycles. The van der Waals surface area contributed by atoms with Crippen molar-refractivity contribution in [2.24, 2.45) is 0 Å². The summed E-state index contributed by atoms with van der Waals surface area (Å²) in [5.41, 5.74) is 2.20. The Balaban J connectivity index is 2.25. The Labute approximate surface area is 92.7 Å². The molecule has 14 heavy (non-hydrogen) atoms. The first-order chi connectivity index (χ1) is 6.68. The smallest absolute Gasteiger partial charge is 0.0772 e. The Hall–Kier alpha value is -0.540. The normalized spacial score (nSPS) is 17.8. The largest absolute Gasteiger partial charge is 0.389 e. The third kappa shape index (κ3) is 1.79. The number of nitrogens with zero attached hydrogens (tertiary/aromatic N) is 1. The van der Waals surface area contributed by atoms with Gasteiger partial charge in [0.15, 0.2) is 0 Å². The van der Waals surface area contributed by atoms with Gasteiger partial charge in [-0.1, -0.05) is 22.0 Å². The van der Waals surface area contributed by atoms with Crippen molar-refractivity contribution in [3.05, 3.63) is 28.2 Å². The molecule has 0 aliphatic carbocycles. The van der Waals surface area contributed by atoms with Gasteiger partial charge in [-0.25, -0.2) is 0 Å². The predicted molar refractivity (Wildman–Crippen MR) is 61.6 cm³/mol. The average Bonchev–Trinajstić information content (AvgIpc) is 2.00. The molecular weight excluding hydrogens is 242 g/mol. The molecule has 0 unspecified atom stereocenters. The van der Waals surface area contributed by atoms with Crippen LogP contribution < -0.4 is 4.90 Å². The van der Waals surface area contributed by atoms with E-state index in [2.05, 4.69) is 33.0 Å². The summed E-state index contributed by atoms with van der Waals surface area (Å²) in [6.45, 7) is 4.09. The highest BCUT2D eigenvalue weighted by Gasteiger charge is 2.15. The van der Waals surface area contributed by atoms with E-state index in [1.54, 1.807) is 6.92 Å². The van der Waals surface area contributed by atoms with Crippen molar-refractivity contribution in [1.82, 2.24) is 0 Å². The molecule has 0 aromatic heterocycles. The first kappa shape index (κ1) is 9.99. The van der Waals surface area contributed by atoms with Crippen molar-refractivity contribution < 1.29 is 5.11 Å². The topological polar surface area (TPSA) is 23.5 Å². The summed E-state index contributed by atoms with van der Waals surface area (Å²) in [4.78, 5) is 2.33. The Bertz CT molecular complexity index is 334. The van der Waals surface area contributed by atoms with Crippen LogP contribution in [0.3, 0.4) is 0 Å². The first-order valence-corrected chi connectivity index (χ1v) is 5.70. The van der Waals surface area contributed by atoms with E-state index in [4.69, 9.17) is 0 Å². The minimum Gasteiger partial charge on any atom is -0.389 e. The molecule has 2 rings (SSSR count). The molecule has 1 aliphatic heterocycles. The maximum atomic E-state index is 9.46. The van der Waals surface area contributed by atoms with Crippen LogP contribution in [-0.2, 0) is 0 Å². The Kier molecular flexibility index (Phi) is 2.79. The lowest BCUT2D eigenvalue weighted by Crippen LogP contribution is -2.36. The standard InChI is InChI=1S/C11H14BrNO/c1-8(14)10-4-3-9(7-11(10)12)13-5-2-6-13/h3-4,7-8,14H,2,5-6H2,1H3/t8-/m0/s1. The van der Waals surface area contributed by atoms with Crippen molar-refractivity contribution in [2.75, 3.05) is 18.0 Å². The molecule has 1 aromatic rings. The van der Waals surface area contributed by atoms with E-state index in [-0.39, 0.29) is 0 Å². The van der Waals surface area contributed by atoms with E-state index in [9.17, 15) is 5.11 Å². The summed E-state index contributed by atoms with van der Waals surface area (Å²) in [5, 5.41) is 9.46. The summed E-state index contributed by atoms with van der Waals surface area (Å²) in [6, 6.07) is 6.15. The van der Waals surface area contributed by atoms with Crippen LogP contribution in [0.25, 0.3) is 0 Å². The van der Waals surface area contributed by atoms with Crippen molar-refractivity contribution in [2.45, 2.75) is 19.4 Å². The van der Waals surface area contributed by atoms with Crippen LogP contribution in [0.5, 0.6) is 0 Å². The van der Waals surface area contributed by atoms with E-state index in [0.29, 0.717) is 0 Å². The van der Waals surface area contributed by atoms with Gasteiger partial charge in [-0.05, 0) is 31.0 Å². The summed E-state index contributed by atoms with van der Waals surface area (Å²) in [7, 11) is 0. The lowest BCUT2D eigenvalue weighted by atomic mass is 10.1. The summed E-state index contributed by atoms with van der Waals surface area (Å²) >= 11 is 3.48. The van der Waals surface area contributed by atoms with E-state index in [1.807, 2.05) is 6.07 Å². The summed E-state index contributed by atoms with van der Waals surface area (Å²) in [5.74, 6) is 0. The number of benzene rings is 1. The van der Waals surface area contributed by atoms with E-state index >= 15 is 0 Å². The zero-order valence-corrected chi connectivity index (χ0v) is 9.79. The van der Waals surface area contributed by atoms with Gasteiger partial charge < -0.3 is 10.0 Å². The molecule has 1 N–H and O–H groups in total. The molecule has 0 amide bonds. The van der Waals surface area contributed by atoms with Crippen LogP contribution in [0, 0.1) is 0 Å². The fraction of sp³-hybridized carbons (Fsp3) is 0.455.